The molecule has 1 aromatic carbocycles. The Morgan fingerprint density at radius 2 is 1.42 bits per heavy atom. The minimum absolute atomic E-state index is 0.197. The van der Waals surface area contributed by atoms with E-state index in [0.29, 0.717) is 0 Å². The Kier molecular flexibility index (Phi) is 1.54. The molecule has 0 fully saturated rings. The molecule has 0 unspecified atom stereocenters. The fourth-order valence-electron chi connectivity index (χ4n) is 1.20. The lowest BCUT2D eigenvalue weighted by Gasteiger charge is -1.93. The number of aryl methyl sites for hydroxylation is 2. The van der Waals surface area contributed by atoms with Gasteiger partial charge >= 0.3 is 4.90 Å². The number of fused-ring (bicyclic) bond motifs is 1. The van der Waals surface area contributed by atoms with Gasteiger partial charge in [0.2, 0.25) is 0 Å². The second-order valence-electron chi connectivity index (χ2n) is 2.81. The van der Waals surface area contributed by atoms with Crippen molar-refractivity contribution in [2.45, 2.75) is 13.8 Å². The predicted molar refractivity (Wildman–Crippen MR) is 48.8 cm³/mol. The van der Waals surface area contributed by atoms with Crippen LogP contribution in [-0.4, -0.2) is 0 Å². The number of benzene rings is 1. The van der Waals surface area contributed by atoms with Gasteiger partial charge in [0.25, 0.3) is 0 Å². The molecular weight excluding hydrogens is 172 g/mol. The van der Waals surface area contributed by atoms with Crippen LogP contribution in [0, 0.1) is 18.8 Å². The Bertz CT molecular complexity index is 437. The quantitative estimate of drug-likeness (QED) is 0.581. The molecule has 3 heteroatoms. The molecule has 0 bridgehead atoms. The van der Waals surface area contributed by atoms with Crippen LogP contribution in [-0.2, 0) is 0 Å². The van der Waals surface area contributed by atoms with E-state index in [-0.39, 0.29) is 4.90 Å². The highest BCUT2D eigenvalue weighted by Crippen LogP contribution is 2.23. The third kappa shape index (κ3) is 0.975. The molecule has 0 aliphatic rings. The zero-order valence-electron chi connectivity index (χ0n) is 6.88. The molecule has 0 aliphatic carbocycles. The van der Waals surface area contributed by atoms with Gasteiger partial charge in [0, 0.05) is 12.2 Å². The average Bonchev–Trinajstić information content (AvgIpc) is 2.41. The molecule has 0 spiro atoms. The largest absolute Gasteiger partial charge is 0.413 e. The molecular formula is C9H8O2S. The summed E-state index contributed by atoms with van der Waals surface area (Å²) in [6, 6.07) is 3.98. The van der Waals surface area contributed by atoms with E-state index in [2.05, 4.69) is 0 Å². The average molecular weight is 180 g/mol. The number of hydrogen-bond donors (Lipinski definition) is 0. The maximum absolute atomic E-state index is 5.23. The molecule has 0 radical (unpaired) electrons. The first-order valence-electron chi connectivity index (χ1n) is 3.68. The fourth-order valence-corrected chi connectivity index (χ4v) is 1.37. The second kappa shape index (κ2) is 2.45. The van der Waals surface area contributed by atoms with Crippen molar-refractivity contribution in [3.63, 3.8) is 0 Å². The Labute approximate surface area is 74.8 Å². The van der Waals surface area contributed by atoms with Crippen molar-refractivity contribution in [1.29, 1.82) is 0 Å². The third-order valence-electron chi connectivity index (χ3n) is 1.88. The van der Waals surface area contributed by atoms with Gasteiger partial charge < -0.3 is 8.83 Å². The highest BCUT2D eigenvalue weighted by atomic mass is 32.1. The summed E-state index contributed by atoms with van der Waals surface area (Å²) in [6.45, 7) is 3.94. The fraction of sp³-hybridized carbons (Fsp3) is 0.222. The van der Waals surface area contributed by atoms with Crippen molar-refractivity contribution < 1.29 is 8.83 Å². The molecule has 2 rings (SSSR count). The minimum Gasteiger partial charge on any atom is -0.413 e. The van der Waals surface area contributed by atoms with E-state index < -0.39 is 0 Å². The lowest BCUT2D eigenvalue weighted by atomic mass is 10.1. The van der Waals surface area contributed by atoms with E-state index in [1.54, 1.807) is 0 Å². The molecule has 1 heterocycles. The van der Waals surface area contributed by atoms with Gasteiger partial charge in [-0.05, 0) is 25.0 Å². The molecule has 62 valence electrons. The van der Waals surface area contributed by atoms with Crippen molar-refractivity contribution in [1.82, 2.24) is 0 Å². The van der Waals surface area contributed by atoms with Crippen molar-refractivity contribution in [3.8, 4) is 0 Å². The minimum atomic E-state index is 0.197. The Hall–Kier alpha value is -1.09. The molecule has 1 aromatic heterocycles. The lowest BCUT2D eigenvalue weighted by molar-refractivity contribution is 0.443. The van der Waals surface area contributed by atoms with Crippen molar-refractivity contribution in [2.24, 2.45) is 0 Å². The SMILES string of the molecule is Cc1ccc(C)c2oc(=S)oc12. The lowest BCUT2D eigenvalue weighted by Crippen LogP contribution is -1.76. The summed E-state index contributed by atoms with van der Waals surface area (Å²) in [5.74, 6) is 0. The summed E-state index contributed by atoms with van der Waals surface area (Å²) in [5, 5.41) is 0. The van der Waals surface area contributed by atoms with E-state index in [4.69, 9.17) is 21.1 Å². The van der Waals surface area contributed by atoms with Crippen molar-refractivity contribution in [2.75, 3.05) is 0 Å². The van der Waals surface area contributed by atoms with Crippen LogP contribution in [0.15, 0.2) is 21.0 Å². The predicted octanol–water partition coefficient (Wildman–Crippen LogP) is 3.37. The van der Waals surface area contributed by atoms with Crippen LogP contribution in [0.4, 0.5) is 0 Å². The Morgan fingerprint density at radius 1 is 1.00 bits per heavy atom. The Morgan fingerprint density at radius 3 is 1.83 bits per heavy atom. The highest BCUT2D eigenvalue weighted by Gasteiger charge is 2.06. The number of rotatable bonds is 0. The van der Waals surface area contributed by atoms with E-state index >= 15 is 0 Å². The summed E-state index contributed by atoms with van der Waals surface area (Å²) in [5.41, 5.74) is 3.63. The van der Waals surface area contributed by atoms with Gasteiger partial charge in [0.1, 0.15) is 0 Å². The van der Waals surface area contributed by atoms with Crippen LogP contribution in [0.1, 0.15) is 11.1 Å². The van der Waals surface area contributed by atoms with Gasteiger partial charge in [0.15, 0.2) is 11.2 Å². The van der Waals surface area contributed by atoms with Crippen molar-refractivity contribution >= 4 is 23.4 Å². The topological polar surface area (TPSA) is 26.3 Å². The van der Waals surface area contributed by atoms with E-state index in [1.807, 2.05) is 26.0 Å². The first-order valence-corrected chi connectivity index (χ1v) is 4.09. The molecule has 0 aliphatic heterocycles. The maximum atomic E-state index is 5.23. The third-order valence-corrected chi connectivity index (χ3v) is 2.04. The molecule has 0 N–H and O–H groups in total. The normalized spacial score (nSPS) is 10.8. The zero-order chi connectivity index (χ0) is 8.72. The van der Waals surface area contributed by atoms with Crippen molar-refractivity contribution in [3.05, 3.63) is 28.2 Å². The van der Waals surface area contributed by atoms with Crippen LogP contribution in [0.25, 0.3) is 11.2 Å². The summed E-state index contributed by atoms with van der Waals surface area (Å²) in [4.78, 5) is 0.197. The van der Waals surface area contributed by atoms with Gasteiger partial charge in [0.05, 0.1) is 0 Å². The van der Waals surface area contributed by atoms with Gasteiger partial charge in [-0.25, -0.2) is 0 Å². The van der Waals surface area contributed by atoms with Crippen LogP contribution >= 0.6 is 12.2 Å². The van der Waals surface area contributed by atoms with E-state index in [0.717, 1.165) is 22.3 Å². The van der Waals surface area contributed by atoms with Crippen LogP contribution < -0.4 is 0 Å². The van der Waals surface area contributed by atoms with Gasteiger partial charge in [-0.1, -0.05) is 12.1 Å². The summed E-state index contributed by atoms with van der Waals surface area (Å²) in [7, 11) is 0. The monoisotopic (exact) mass is 180 g/mol. The van der Waals surface area contributed by atoms with E-state index in [1.165, 1.54) is 0 Å². The first kappa shape index (κ1) is 7.55. The van der Waals surface area contributed by atoms with Crippen LogP contribution in [0.5, 0.6) is 0 Å². The smallest absolute Gasteiger partial charge is 0.363 e. The summed E-state index contributed by atoms with van der Waals surface area (Å²) < 4.78 is 10.5. The molecule has 0 saturated heterocycles. The standard InChI is InChI=1S/C9H8O2S/c1-5-3-4-6(2)8-7(5)10-9(12)11-8/h3-4H,1-2H3. The molecule has 0 amide bonds. The molecule has 2 aromatic rings. The summed E-state index contributed by atoms with van der Waals surface area (Å²) >= 11 is 4.80. The maximum Gasteiger partial charge on any atom is 0.363 e. The van der Waals surface area contributed by atoms with Gasteiger partial charge in [-0.3, -0.25) is 0 Å². The number of hydrogen-bond acceptors (Lipinski definition) is 3. The van der Waals surface area contributed by atoms with Crippen LogP contribution in [0.2, 0.25) is 0 Å². The summed E-state index contributed by atoms with van der Waals surface area (Å²) in [6.07, 6.45) is 0. The highest BCUT2D eigenvalue weighted by molar-refractivity contribution is 7.71. The Balaban J connectivity index is 3.03. The molecule has 2 nitrogen and oxygen atoms in total. The molecule has 0 saturated carbocycles. The van der Waals surface area contributed by atoms with Gasteiger partial charge in [-0.15, -0.1) is 0 Å². The zero-order valence-corrected chi connectivity index (χ0v) is 7.70. The second-order valence-corrected chi connectivity index (χ2v) is 3.15. The van der Waals surface area contributed by atoms with Gasteiger partial charge in [-0.2, -0.15) is 0 Å². The van der Waals surface area contributed by atoms with Crippen LogP contribution in [0.3, 0.4) is 0 Å². The van der Waals surface area contributed by atoms with E-state index in [9.17, 15) is 0 Å². The molecule has 12 heavy (non-hydrogen) atoms. The first-order chi connectivity index (χ1) is 5.68. The molecule has 0 atom stereocenters.